The average Bonchev–Trinajstić information content (AvgIpc) is 2.89. The predicted octanol–water partition coefficient (Wildman–Crippen LogP) is 4.76. The largest absolute Gasteiger partial charge is 0.481 e. The van der Waals surface area contributed by atoms with Crippen LogP contribution < -0.4 is 0 Å². The Morgan fingerprint density at radius 2 is 1.85 bits per heavy atom. The number of amides is 1. The molecule has 0 aliphatic carbocycles. The Balaban J connectivity index is 1.93. The minimum absolute atomic E-state index is 0.218. The first kappa shape index (κ1) is 18.6. The maximum atomic E-state index is 12.9. The number of hydrogen-bond donors (Lipinski definition) is 1. The summed E-state index contributed by atoms with van der Waals surface area (Å²) in [6.45, 7) is 0. The van der Waals surface area contributed by atoms with Gasteiger partial charge in [-0.15, -0.1) is 0 Å². The summed E-state index contributed by atoms with van der Waals surface area (Å²) in [7, 11) is 0. The van der Waals surface area contributed by atoms with Gasteiger partial charge in [0.25, 0.3) is 5.91 Å². The fourth-order valence-electron chi connectivity index (χ4n) is 2.66. The van der Waals surface area contributed by atoms with Crippen LogP contribution in [0.5, 0.6) is 0 Å². The first-order valence-corrected chi connectivity index (χ1v) is 9.35. The molecular weight excluding hydrogens is 390 g/mol. The number of rotatable bonds is 5. The highest BCUT2D eigenvalue weighted by atomic mass is 35.5. The van der Waals surface area contributed by atoms with E-state index in [2.05, 4.69) is 0 Å². The number of carboxylic acids is 1. The van der Waals surface area contributed by atoms with Gasteiger partial charge in [-0.1, -0.05) is 78.0 Å². The van der Waals surface area contributed by atoms with Crippen LogP contribution in [0.2, 0.25) is 5.02 Å². The maximum Gasteiger partial charge on any atom is 0.305 e. The van der Waals surface area contributed by atoms with Crippen molar-refractivity contribution in [2.75, 3.05) is 0 Å². The van der Waals surface area contributed by atoms with Crippen LogP contribution in [-0.4, -0.2) is 26.2 Å². The average molecular weight is 404 g/mol. The lowest BCUT2D eigenvalue weighted by Crippen LogP contribution is -2.34. The van der Waals surface area contributed by atoms with Gasteiger partial charge in [0, 0.05) is 5.02 Å². The normalized spacial score (nSPS) is 17.0. The number of aliphatic carboxylic acids is 1. The van der Waals surface area contributed by atoms with Crippen LogP contribution in [0.25, 0.3) is 6.08 Å². The fraction of sp³-hybridized carbons (Fsp3) is 0.105. The molecule has 2 aromatic rings. The van der Waals surface area contributed by atoms with Crippen molar-refractivity contribution < 1.29 is 14.7 Å². The second kappa shape index (κ2) is 8.03. The van der Waals surface area contributed by atoms with Crippen LogP contribution in [0, 0.1) is 0 Å². The van der Waals surface area contributed by atoms with E-state index in [-0.39, 0.29) is 12.3 Å². The van der Waals surface area contributed by atoms with E-state index in [1.54, 1.807) is 42.5 Å². The predicted molar refractivity (Wildman–Crippen MR) is 108 cm³/mol. The number of carbonyl (C=O) groups is 2. The number of carbonyl (C=O) groups excluding carboxylic acids is 1. The molecule has 0 aromatic heterocycles. The van der Waals surface area contributed by atoms with E-state index in [9.17, 15) is 14.7 Å². The molecule has 0 saturated carbocycles. The van der Waals surface area contributed by atoms with Crippen LogP contribution in [0.4, 0.5) is 0 Å². The summed E-state index contributed by atoms with van der Waals surface area (Å²) in [5.41, 5.74) is 1.56. The molecule has 132 valence electrons. The van der Waals surface area contributed by atoms with Crippen LogP contribution in [0.1, 0.15) is 23.6 Å². The maximum absolute atomic E-state index is 12.9. The highest BCUT2D eigenvalue weighted by Gasteiger charge is 2.38. The van der Waals surface area contributed by atoms with Gasteiger partial charge >= 0.3 is 5.97 Å². The van der Waals surface area contributed by atoms with E-state index < -0.39 is 12.0 Å². The summed E-state index contributed by atoms with van der Waals surface area (Å²) in [6.07, 6.45) is 1.52. The molecule has 0 bridgehead atoms. The minimum atomic E-state index is -0.991. The Morgan fingerprint density at radius 3 is 2.46 bits per heavy atom. The second-order valence-electron chi connectivity index (χ2n) is 5.63. The zero-order valence-corrected chi connectivity index (χ0v) is 15.9. The van der Waals surface area contributed by atoms with Crippen molar-refractivity contribution in [2.24, 2.45) is 0 Å². The number of hydrogen-bond acceptors (Lipinski definition) is 4. The van der Waals surface area contributed by atoms with E-state index in [1.807, 2.05) is 18.2 Å². The van der Waals surface area contributed by atoms with Gasteiger partial charge in [-0.25, -0.2) is 0 Å². The number of nitrogens with zero attached hydrogens (tertiary/aromatic N) is 1. The Kier molecular flexibility index (Phi) is 5.76. The van der Waals surface area contributed by atoms with Gasteiger partial charge in [0.2, 0.25) is 0 Å². The number of thiocarbonyl (C=S) groups is 1. The topological polar surface area (TPSA) is 57.6 Å². The highest BCUT2D eigenvalue weighted by molar-refractivity contribution is 8.26. The molecule has 7 heteroatoms. The van der Waals surface area contributed by atoms with Crippen molar-refractivity contribution >= 4 is 57.9 Å². The van der Waals surface area contributed by atoms with Crippen molar-refractivity contribution in [3.05, 3.63) is 75.7 Å². The molecule has 26 heavy (non-hydrogen) atoms. The Bertz CT molecular complexity index is 881. The molecule has 0 radical (unpaired) electrons. The minimum Gasteiger partial charge on any atom is -0.481 e. The van der Waals surface area contributed by atoms with Crippen molar-refractivity contribution in [2.45, 2.75) is 12.5 Å². The first-order chi connectivity index (χ1) is 12.5. The third-order valence-electron chi connectivity index (χ3n) is 3.86. The summed E-state index contributed by atoms with van der Waals surface area (Å²) in [4.78, 5) is 26.1. The van der Waals surface area contributed by atoms with Gasteiger partial charge in [0.05, 0.1) is 17.4 Å². The van der Waals surface area contributed by atoms with Gasteiger partial charge in [-0.2, -0.15) is 0 Å². The lowest BCUT2D eigenvalue weighted by Gasteiger charge is -2.26. The van der Waals surface area contributed by atoms with Crippen molar-refractivity contribution in [3.8, 4) is 0 Å². The zero-order valence-electron chi connectivity index (χ0n) is 13.5. The van der Waals surface area contributed by atoms with Gasteiger partial charge < -0.3 is 5.11 Å². The molecule has 1 atom stereocenters. The molecule has 0 spiro atoms. The lowest BCUT2D eigenvalue weighted by molar-refractivity contribution is -0.138. The molecule has 1 heterocycles. The molecule has 1 aliphatic rings. The lowest BCUT2D eigenvalue weighted by atomic mass is 10.0. The fourth-order valence-corrected chi connectivity index (χ4v) is 4.14. The third kappa shape index (κ3) is 4.15. The Hall–Kier alpha value is -2.15. The van der Waals surface area contributed by atoms with E-state index in [1.165, 1.54) is 16.7 Å². The van der Waals surface area contributed by atoms with Crippen molar-refractivity contribution in [3.63, 3.8) is 0 Å². The highest BCUT2D eigenvalue weighted by Crippen LogP contribution is 2.39. The molecule has 1 N–H and O–H groups in total. The van der Waals surface area contributed by atoms with Crippen LogP contribution >= 0.6 is 35.6 Å². The number of halogens is 1. The van der Waals surface area contributed by atoms with Crippen LogP contribution in [0.3, 0.4) is 0 Å². The molecule has 2 aromatic carbocycles. The molecular formula is C19H14ClNO3S2. The monoisotopic (exact) mass is 403 g/mol. The molecule has 0 unspecified atom stereocenters. The number of thioether (sulfide) groups is 1. The summed E-state index contributed by atoms with van der Waals surface area (Å²) in [5, 5.41) is 9.90. The second-order valence-corrected chi connectivity index (χ2v) is 7.74. The van der Waals surface area contributed by atoms with Gasteiger partial charge in [-0.3, -0.25) is 14.5 Å². The molecule has 1 saturated heterocycles. The first-order valence-electron chi connectivity index (χ1n) is 7.75. The summed E-state index contributed by atoms with van der Waals surface area (Å²) in [6, 6.07) is 15.5. The van der Waals surface area contributed by atoms with E-state index in [0.717, 1.165) is 11.1 Å². The number of benzene rings is 2. The molecule has 1 amide bonds. The standard InChI is InChI=1S/C19H14ClNO3S2/c20-14-8-6-12(7-9-14)10-16-18(24)21(19(25)26-16)15(11-17(22)23)13-4-2-1-3-5-13/h1-10,15H,11H2,(H,22,23)/b16-10-/t15-/m1/s1. The quantitative estimate of drug-likeness (QED) is 0.576. The Morgan fingerprint density at radius 1 is 1.19 bits per heavy atom. The number of carboxylic acid groups (broad SMARTS) is 1. The van der Waals surface area contributed by atoms with E-state index >= 15 is 0 Å². The van der Waals surface area contributed by atoms with E-state index in [0.29, 0.717) is 14.2 Å². The van der Waals surface area contributed by atoms with Gasteiger partial charge in [0.1, 0.15) is 4.32 Å². The smallest absolute Gasteiger partial charge is 0.305 e. The summed E-state index contributed by atoms with van der Waals surface area (Å²) < 4.78 is 0.352. The van der Waals surface area contributed by atoms with Crippen molar-refractivity contribution in [1.82, 2.24) is 4.90 Å². The Labute approximate surface area is 165 Å². The van der Waals surface area contributed by atoms with Crippen LogP contribution in [-0.2, 0) is 9.59 Å². The van der Waals surface area contributed by atoms with Crippen molar-refractivity contribution in [1.29, 1.82) is 0 Å². The zero-order chi connectivity index (χ0) is 18.7. The van der Waals surface area contributed by atoms with Gasteiger partial charge in [-0.05, 0) is 29.3 Å². The molecule has 1 fully saturated rings. The van der Waals surface area contributed by atoms with E-state index in [4.69, 9.17) is 23.8 Å². The van der Waals surface area contributed by atoms with Gasteiger partial charge in [0.15, 0.2) is 0 Å². The summed E-state index contributed by atoms with van der Waals surface area (Å²) in [5.74, 6) is -1.28. The summed E-state index contributed by atoms with van der Waals surface area (Å²) >= 11 is 12.4. The molecule has 3 rings (SSSR count). The SMILES string of the molecule is O=C(O)C[C@H](c1ccccc1)N1C(=O)/C(=C/c2ccc(Cl)cc2)SC1=S. The molecule has 1 aliphatic heterocycles. The molecule has 4 nitrogen and oxygen atoms in total. The van der Waals surface area contributed by atoms with Crippen LogP contribution in [0.15, 0.2) is 59.5 Å². The third-order valence-corrected chi connectivity index (χ3v) is 5.44.